The molecule has 0 radical (unpaired) electrons. The van der Waals surface area contributed by atoms with Crippen LogP contribution in [0.3, 0.4) is 0 Å². The highest BCUT2D eigenvalue weighted by Gasteiger charge is 2.56. The molecule has 5 rings (SSSR count). The number of halogens is 2. The fourth-order valence-electron chi connectivity index (χ4n) is 5.08. The van der Waals surface area contributed by atoms with E-state index in [9.17, 15) is 14.7 Å². The second-order valence-corrected chi connectivity index (χ2v) is 9.74. The molecule has 8 nitrogen and oxygen atoms in total. The van der Waals surface area contributed by atoms with Gasteiger partial charge in [-0.15, -0.1) is 0 Å². The largest absolute Gasteiger partial charge is 0.465 e. The summed E-state index contributed by atoms with van der Waals surface area (Å²) in [5, 5.41) is 24.2. The summed E-state index contributed by atoms with van der Waals surface area (Å²) in [6.45, 7) is 0.241. The monoisotopic (exact) mass is 473 g/mol. The lowest BCUT2D eigenvalue weighted by atomic mass is 9.49. The van der Waals surface area contributed by atoms with Crippen LogP contribution in [-0.2, 0) is 11.3 Å². The average molecular weight is 474 g/mol. The lowest BCUT2D eigenvalue weighted by Gasteiger charge is -2.59. The maximum Gasteiger partial charge on any atom is 0.407 e. The zero-order valence-electron chi connectivity index (χ0n) is 17.0. The second kappa shape index (κ2) is 7.94. The van der Waals surface area contributed by atoms with Crippen LogP contribution >= 0.6 is 23.2 Å². The molecule has 0 unspecified atom stereocenters. The first-order valence-corrected chi connectivity index (χ1v) is 11.1. The van der Waals surface area contributed by atoms with E-state index in [-0.39, 0.29) is 29.8 Å². The lowest BCUT2D eigenvalue weighted by Crippen LogP contribution is -2.58. The van der Waals surface area contributed by atoms with E-state index in [0.717, 1.165) is 36.8 Å². The first-order valence-electron chi connectivity index (χ1n) is 10.4. The number of anilines is 1. The smallest absolute Gasteiger partial charge is 0.407 e. The molecule has 2 aliphatic carbocycles. The number of nitrogens with one attached hydrogen (secondary N) is 2. The predicted octanol–water partition coefficient (Wildman–Crippen LogP) is 4.94. The van der Waals surface area contributed by atoms with E-state index in [1.807, 2.05) is 6.07 Å². The molecule has 1 spiro atoms. The Labute approximate surface area is 193 Å². The summed E-state index contributed by atoms with van der Waals surface area (Å²) < 4.78 is 0. The van der Waals surface area contributed by atoms with Crippen LogP contribution in [0.25, 0.3) is 11.0 Å². The molecule has 0 bridgehead atoms. The van der Waals surface area contributed by atoms with Crippen LogP contribution in [-0.4, -0.2) is 43.5 Å². The zero-order chi connectivity index (χ0) is 22.5. The molecule has 0 atom stereocenters. The average Bonchev–Trinajstić information content (AvgIpc) is 3.11. The van der Waals surface area contributed by atoms with Crippen LogP contribution in [0.2, 0.25) is 10.0 Å². The van der Waals surface area contributed by atoms with Gasteiger partial charge in [-0.3, -0.25) is 4.79 Å². The van der Waals surface area contributed by atoms with Crippen molar-refractivity contribution >= 4 is 51.9 Å². The number of H-pyrrole nitrogens is 1. The molecule has 32 heavy (non-hydrogen) atoms. The minimum Gasteiger partial charge on any atom is -0.465 e. The Morgan fingerprint density at radius 2 is 1.75 bits per heavy atom. The van der Waals surface area contributed by atoms with E-state index in [1.54, 1.807) is 30.3 Å². The standard InChI is InChI=1S/C22H21Cl2N5O3/c23-14-3-12(4-15(24)5-14)11-29(21(31)32)17-9-22(10-17)7-13(8-22)20(30)25-16-1-2-18-19(6-16)27-28-26-18/h1-6,13,17H,7-11H2,(H,25,30)(H,31,32)(H,26,27,28). The molecule has 166 valence electrons. The first-order chi connectivity index (χ1) is 15.3. The molecule has 2 saturated carbocycles. The topological polar surface area (TPSA) is 111 Å². The Hall–Kier alpha value is -2.84. The third kappa shape index (κ3) is 4.00. The Balaban J connectivity index is 1.16. The molecular formula is C22H21Cl2N5O3. The van der Waals surface area contributed by atoms with Gasteiger partial charge in [-0.05, 0) is 73.1 Å². The third-order valence-corrected chi connectivity index (χ3v) is 7.05. The summed E-state index contributed by atoms with van der Waals surface area (Å²) in [6, 6.07) is 10.4. The summed E-state index contributed by atoms with van der Waals surface area (Å²) in [5.41, 5.74) is 2.96. The highest BCUT2D eigenvalue weighted by Crippen LogP contribution is 2.60. The van der Waals surface area contributed by atoms with Gasteiger partial charge >= 0.3 is 6.09 Å². The van der Waals surface area contributed by atoms with Gasteiger partial charge in [0.25, 0.3) is 0 Å². The number of rotatable bonds is 5. The van der Waals surface area contributed by atoms with Crippen LogP contribution in [0.4, 0.5) is 10.5 Å². The summed E-state index contributed by atoms with van der Waals surface area (Å²) in [6.07, 6.45) is 2.12. The van der Waals surface area contributed by atoms with E-state index in [0.29, 0.717) is 21.2 Å². The number of hydrogen-bond acceptors (Lipinski definition) is 4. The normalized spacial score (nSPS) is 24.1. The molecular weight excluding hydrogens is 453 g/mol. The Bertz CT molecular complexity index is 1180. The number of nitrogens with zero attached hydrogens (tertiary/aromatic N) is 3. The van der Waals surface area contributed by atoms with Crippen molar-refractivity contribution in [1.29, 1.82) is 0 Å². The maximum absolute atomic E-state index is 12.6. The Morgan fingerprint density at radius 1 is 1.06 bits per heavy atom. The Morgan fingerprint density at radius 3 is 2.44 bits per heavy atom. The van der Waals surface area contributed by atoms with Crippen LogP contribution < -0.4 is 5.32 Å². The highest BCUT2D eigenvalue weighted by molar-refractivity contribution is 6.34. The SMILES string of the molecule is O=C(Nc1ccc2n[nH]nc2c1)C1CC2(C1)CC(N(Cc1cc(Cl)cc(Cl)c1)C(=O)O)C2. The van der Waals surface area contributed by atoms with Crippen molar-refractivity contribution in [3.63, 3.8) is 0 Å². The van der Waals surface area contributed by atoms with Gasteiger partial charge in [-0.1, -0.05) is 23.2 Å². The number of hydrogen-bond donors (Lipinski definition) is 3. The van der Waals surface area contributed by atoms with Gasteiger partial charge in [0, 0.05) is 34.2 Å². The van der Waals surface area contributed by atoms with E-state index in [4.69, 9.17) is 23.2 Å². The van der Waals surface area contributed by atoms with Gasteiger partial charge < -0.3 is 15.3 Å². The van der Waals surface area contributed by atoms with Crippen molar-refractivity contribution in [2.24, 2.45) is 11.3 Å². The molecule has 2 aliphatic rings. The van der Waals surface area contributed by atoms with Crippen molar-refractivity contribution in [1.82, 2.24) is 20.3 Å². The molecule has 3 aromatic rings. The van der Waals surface area contributed by atoms with Gasteiger partial charge in [-0.2, -0.15) is 15.4 Å². The number of fused-ring (bicyclic) bond motifs is 1. The van der Waals surface area contributed by atoms with Crippen LogP contribution in [0, 0.1) is 11.3 Å². The van der Waals surface area contributed by atoms with Crippen LogP contribution in [0.15, 0.2) is 36.4 Å². The Kier molecular flexibility index (Phi) is 5.22. The first kappa shape index (κ1) is 21.0. The van der Waals surface area contributed by atoms with E-state index in [1.165, 1.54) is 4.90 Å². The molecule has 3 N–H and O–H groups in total. The fraction of sp³-hybridized carbons (Fsp3) is 0.364. The molecule has 2 aromatic carbocycles. The minimum absolute atomic E-state index is 0.00872. The van der Waals surface area contributed by atoms with Crippen molar-refractivity contribution in [2.75, 3.05) is 5.32 Å². The third-order valence-electron chi connectivity index (χ3n) is 6.61. The molecule has 0 aliphatic heterocycles. The summed E-state index contributed by atoms with van der Waals surface area (Å²) in [7, 11) is 0. The highest BCUT2D eigenvalue weighted by atomic mass is 35.5. The number of carbonyl (C=O) groups excluding carboxylic acids is 1. The maximum atomic E-state index is 12.6. The van der Waals surface area contributed by atoms with Gasteiger partial charge in [0.2, 0.25) is 5.91 Å². The predicted molar refractivity (Wildman–Crippen MR) is 121 cm³/mol. The molecule has 2 amide bonds. The summed E-state index contributed by atoms with van der Waals surface area (Å²) in [4.78, 5) is 26.0. The van der Waals surface area contributed by atoms with Crippen LogP contribution in [0.1, 0.15) is 31.2 Å². The van der Waals surface area contributed by atoms with Gasteiger partial charge in [0.05, 0.1) is 0 Å². The minimum atomic E-state index is -0.960. The lowest BCUT2D eigenvalue weighted by molar-refractivity contribution is -0.137. The number of aromatic nitrogens is 3. The fourth-order valence-corrected chi connectivity index (χ4v) is 5.65. The second-order valence-electron chi connectivity index (χ2n) is 8.87. The molecule has 10 heteroatoms. The number of aromatic amines is 1. The van der Waals surface area contributed by atoms with Crippen molar-refractivity contribution in [3.8, 4) is 0 Å². The molecule has 1 aromatic heterocycles. The van der Waals surface area contributed by atoms with E-state index >= 15 is 0 Å². The van der Waals surface area contributed by atoms with Crippen molar-refractivity contribution in [2.45, 2.75) is 38.3 Å². The summed E-state index contributed by atoms with van der Waals surface area (Å²) >= 11 is 12.1. The number of carbonyl (C=O) groups is 2. The number of amides is 2. The van der Waals surface area contributed by atoms with Gasteiger partial charge in [-0.25, -0.2) is 4.79 Å². The number of carboxylic acid groups (broad SMARTS) is 1. The number of benzene rings is 2. The molecule has 2 fully saturated rings. The van der Waals surface area contributed by atoms with Gasteiger partial charge in [0.1, 0.15) is 11.0 Å². The molecule has 1 heterocycles. The van der Waals surface area contributed by atoms with Crippen LogP contribution in [0.5, 0.6) is 0 Å². The quantitative estimate of drug-likeness (QED) is 0.485. The van der Waals surface area contributed by atoms with Crippen molar-refractivity contribution < 1.29 is 14.7 Å². The zero-order valence-corrected chi connectivity index (χ0v) is 18.5. The van der Waals surface area contributed by atoms with E-state index in [2.05, 4.69) is 20.7 Å². The summed E-state index contributed by atoms with van der Waals surface area (Å²) in [5.74, 6) is -0.0699. The van der Waals surface area contributed by atoms with Gasteiger partial charge in [0.15, 0.2) is 0 Å². The molecule has 0 saturated heterocycles. The van der Waals surface area contributed by atoms with Crippen molar-refractivity contribution in [3.05, 3.63) is 52.0 Å². The van der Waals surface area contributed by atoms with E-state index < -0.39 is 6.09 Å².